The molecule has 0 radical (unpaired) electrons. The summed E-state index contributed by atoms with van der Waals surface area (Å²) < 4.78 is 12.0. The van der Waals surface area contributed by atoms with Crippen molar-refractivity contribution in [2.45, 2.75) is 38.0 Å². The van der Waals surface area contributed by atoms with E-state index >= 15 is 0 Å². The zero-order valence-corrected chi connectivity index (χ0v) is 11.8. The van der Waals surface area contributed by atoms with Crippen molar-refractivity contribution in [1.82, 2.24) is 0 Å². The summed E-state index contributed by atoms with van der Waals surface area (Å²) in [5, 5.41) is 8.88. The van der Waals surface area contributed by atoms with Crippen molar-refractivity contribution >= 4 is 16.5 Å². The number of hydrogen-bond donors (Lipinski definition) is 1. The normalized spacial score (nSPS) is 12.9. The summed E-state index contributed by atoms with van der Waals surface area (Å²) in [6.07, 6.45) is 2.66. The summed E-state index contributed by atoms with van der Waals surface area (Å²) in [7, 11) is -0.960. The Morgan fingerprint density at radius 2 is 1.89 bits per heavy atom. The van der Waals surface area contributed by atoms with Gasteiger partial charge in [0.05, 0.1) is 22.3 Å². The van der Waals surface area contributed by atoms with Crippen molar-refractivity contribution in [3.8, 4) is 6.07 Å². The quantitative estimate of drug-likeness (QED) is 0.634. The third kappa shape index (κ3) is 4.89. The van der Waals surface area contributed by atoms with Gasteiger partial charge in [-0.1, -0.05) is 6.42 Å². The minimum atomic E-state index is -0.960. The first-order chi connectivity index (χ1) is 8.44. The van der Waals surface area contributed by atoms with Gasteiger partial charge >= 0.3 is 0 Å². The molecule has 0 saturated heterocycles. The monoisotopic (exact) mass is 264 g/mol. The van der Waals surface area contributed by atoms with Crippen LogP contribution in [-0.4, -0.2) is 9.96 Å². The van der Waals surface area contributed by atoms with Gasteiger partial charge in [-0.25, -0.2) is 0 Å². The second-order valence-electron chi connectivity index (χ2n) is 5.07. The highest BCUT2D eigenvalue weighted by Gasteiger charge is 2.15. The maximum atomic E-state index is 12.0. The highest BCUT2D eigenvalue weighted by atomic mass is 32.2. The van der Waals surface area contributed by atoms with Crippen LogP contribution < -0.4 is 5.73 Å². The molecule has 0 fully saturated rings. The summed E-state index contributed by atoms with van der Waals surface area (Å²) in [6.45, 7) is 3.87. The number of nitrogens with zero attached hydrogens (tertiary/aromatic N) is 1. The molecule has 1 aromatic carbocycles. The lowest BCUT2D eigenvalue weighted by Crippen LogP contribution is -2.08. The smallest absolute Gasteiger partial charge is 0.0683 e. The highest BCUT2D eigenvalue weighted by Crippen LogP contribution is 2.22. The number of rotatable bonds is 6. The van der Waals surface area contributed by atoms with E-state index in [2.05, 4.69) is 6.07 Å². The topological polar surface area (TPSA) is 66.9 Å². The third-order valence-electron chi connectivity index (χ3n) is 2.83. The van der Waals surface area contributed by atoms with Crippen LogP contribution in [0.15, 0.2) is 29.2 Å². The second kappa shape index (κ2) is 6.55. The van der Waals surface area contributed by atoms with Crippen LogP contribution in [0.3, 0.4) is 0 Å². The molecule has 0 amide bonds. The van der Waals surface area contributed by atoms with Gasteiger partial charge in [0.1, 0.15) is 0 Å². The lowest BCUT2D eigenvalue weighted by Gasteiger charge is -2.14. The van der Waals surface area contributed by atoms with E-state index in [1.165, 1.54) is 0 Å². The van der Waals surface area contributed by atoms with Crippen molar-refractivity contribution < 1.29 is 4.21 Å². The van der Waals surface area contributed by atoms with E-state index in [1.54, 1.807) is 12.1 Å². The van der Waals surface area contributed by atoms with Crippen LogP contribution in [0.25, 0.3) is 0 Å². The van der Waals surface area contributed by atoms with Crippen molar-refractivity contribution in [2.75, 3.05) is 11.5 Å². The number of unbranched alkanes of at least 4 members (excludes halogenated alkanes) is 1. The van der Waals surface area contributed by atoms with Gasteiger partial charge in [0.25, 0.3) is 0 Å². The molecule has 0 aliphatic carbocycles. The lowest BCUT2D eigenvalue weighted by molar-refractivity contribution is 0.432. The average Bonchev–Trinajstić information content (AvgIpc) is 2.35. The molecule has 2 N–H and O–H groups in total. The van der Waals surface area contributed by atoms with E-state index in [4.69, 9.17) is 11.0 Å². The van der Waals surface area contributed by atoms with Gasteiger partial charge in [0.2, 0.25) is 0 Å². The van der Waals surface area contributed by atoms with Gasteiger partial charge in [0, 0.05) is 16.3 Å². The van der Waals surface area contributed by atoms with E-state index in [-0.39, 0.29) is 5.41 Å². The first kappa shape index (κ1) is 14.7. The van der Waals surface area contributed by atoms with E-state index < -0.39 is 10.8 Å². The molecule has 18 heavy (non-hydrogen) atoms. The van der Waals surface area contributed by atoms with Crippen LogP contribution in [-0.2, 0) is 10.8 Å². The predicted molar refractivity (Wildman–Crippen MR) is 75.4 cm³/mol. The van der Waals surface area contributed by atoms with Crippen LogP contribution in [0.4, 0.5) is 5.69 Å². The molecular weight excluding hydrogens is 244 g/mol. The standard InChI is InChI=1S/C14H20N2OS/c1-14(2,11-15)9-3-4-10-18(17)13-7-5-12(16)6-8-13/h5-8H,3-4,9-10,16H2,1-2H3. The maximum Gasteiger partial charge on any atom is 0.0683 e. The molecule has 0 saturated carbocycles. The van der Waals surface area contributed by atoms with Crippen LogP contribution >= 0.6 is 0 Å². The first-order valence-electron chi connectivity index (χ1n) is 6.10. The SMILES string of the molecule is CC(C)(C#N)CCCCS(=O)c1ccc(N)cc1. The molecule has 1 aromatic rings. The molecule has 1 rings (SSSR count). The van der Waals surface area contributed by atoms with Crippen molar-refractivity contribution in [2.24, 2.45) is 5.41 Å². The molecule has 0 aliphatic heterocycles. The van der Waals surface area contributed by atoms with E-state index in [0.29, 0.717) is 11.4 Å². The van der Waals surface area contributed by atoms with Crippen molar-refractivity contribution in [1.29, 1.82) is 5.26 Å². The first-order valence-corrected chi connectivity index (χ1v) is 7.42. The number of hydrogen-bond acceptors (Lipinski definition) is 3. The fraction of sp³-hybridized carbons (Fsp3) is 0.500. The Labute approximate surface area is 111 Å². The number of nitriles is 1. The Kier molecular flexibility index (Phi) is 5.36. The van der Waals surface area contributed by atoms with Gasteiger partial charge in [-0.05, 0) is 51.0 Å². The van der Waals surface area contributed by atoms with E-state index in [1.807, 2.05) is 26.0 Å². The van der Waals surface area contributed by atoms with Crippen LogP contribution in [0.1, 0.15) is 33.1 Å². The molecule has 1 unspecified atom stereocenters. The molecule has 0 bridgehead atoms. The average molecular weight is 264 g/mol. The summed E-state index contributed by atoms with van der Waals surface area (Å²) >= 11 is 0. The molecule has 0 heterocycles. The summed E-state index contributed by atoms with van der Waals surface area (Å²) in [5.74, 6) is 0.644. The minimum absolute atomic E-state index is 0.275. The van der Waals surface area contributed by atoms with Crippen LogP contribution in [0.2, 0.25) is 0 Å². The number of anilines is 1. The van der Waals surface area contributed by atoms with Crippen LogP contribution in [0, 0.1) is 16.7 Å². The van der Waals surface area contributed by atoms with E-state index in [0.717, 1.165) is 24.2 Å². The number of nitrogen functional groups attached to an aromatic ring is 1. The Morgan fingerprint density at radius 1 is 1.28 bits per heavy atom. The van der Waals surface area contributed by atoms with Gasteiger partial charge in [0.15, 0.2) is 0 Å². The fourth-order valence-corrected chi connectivity index (χ4v) is 2.74. The maximum absolute atomic E-state index is 12.0. The number of nitrogens with two attached hydrogens (primary N) is 1. The molecule has 1 atom stereocenters. The van der Waals surface area contributed by atoms with Gasteiger partial charge in [-0.2, -0.15) is 5.26 Å². The predicted octanol–water partition coefficient (Wildman–Crippen LogP) is 3.10. The molecule has 0 aromatic heterocycles. The zero-order chi connectivity index (χ0) is 13.6. The fourth-order valence-electron chi connectivity index (χ4n) is 1.59. The number of benzene rings is 1. The lowest BCUT2D eigenvalue weighted by atomic mass is 9.89. The second-order valence-corrected chi connectivity index (χ2v) is 6.64. The minimum Gasteiger partial charge on any atom is -0.399 e. The van der Waals surface area contributed by atoms with Crippen molar-refractivity contribution in [3.63, 3.8) is 0 Å². The summed E-state index contributed by atoms with van der Waals surface area (Å²) in [5.41, 5.74) is 5.99. The van der Waals surface area contributed by atoms with Gasteiger partial charge < -0.3 is 5.73 Å². The molecule has 0 spiro atoms. The summed E-state index contributed by atoms with van der Waals surface area (Å²) in [6, 6.07) is 9.44. The highest BCUT2D eigenvalue weighted by molar-refractivity contribution is 7.85. The van der Waals surface area contributed by atoms with Crippen molar-refractivity contribution in [3.05, 3.63) is 24.3 Å². The summed E-state index contributed by atoms with van der Waals surface area (Å²) in [4.78, 5) is 0.823. The van der Waals surface area contributed by atoms with E-state index in [9.17, 15) is 4.21 Å². The Balaban J connectivity index is 2.34. The Morgan fingerprint density at radius 3 is 2.44 bits per heavy atom. The Bertz CT molecular complexity index is 446. The van der Waals surface area contributed by atoms with Gasteiger partial charge in [-0.3, -0.25) is 4.21 Å². The zero-order valence-electron chi connectivity index (χ0n) is 11.0. The molecular formula is C14H20N2OS. The molecule has 4 heteroatoms. The molecule has 98 valence electrons. The molecule has 3 nitrogen and oxygen atoms in total. The van der Waals surface area contributed by atoms with Crippen LogP contribution in [0.5, 0.6) is 0 Å². The largest absolute Gasteiger partial charge is 0.399 e. The Hall–Kier alpha value is -1.34. The molecule has 0 aliphatic rings. The third-order valence-corrected chi connectivity index (χ3v) is 4.28. The van der Waals surface area contributed by atoms with Gasteiger partial charge in [-0.15, -0.1) is 0 Å².